The molecule has 2 aromatic carbocycles. The number of aryl methyl sites for hydroxylation is 3. The lowest BCUT2D eigenvalue weighted by Gasteiger charge is -2.09. The van der Waals surface area contributed by atoms with Crippen molar-refractivity contribution in [3.05, 3.63) is 59.2 Å². The van der Waals surface area contributed by atoms with Crippen molar-refractivity contribution in [2.45, 2.75) is 33.1 Å². The number of nitrogens with one attached hydrogen (secondary N) is 1. The van der Waals surface area contributed by atoms with E-state index in [1.807, 2.05) is 30.3 Å². The number of nitrogens with two attached hydrogens (primary N) is 1. The Bertz CT molecular complexity index is 635. The van der Waals surface area contributed by atoms with Gasteiger partial charge < -0.3 is 11.1 Å². The number of amides is 1. The van der Waals surface area contributed by atoms with E-state index in [-0.39, 0.29) is 5.91 Å². The number of rotatable bonds is 5. The molecule has 0 bridgehead atoms. The Balaban J connectivity index is 1.93. The van der Waals surface area contributed by atoms with Gasteiger partial charge in [0.2, 0.25) is 5.91 Å². The van der Waals surface area contributed by atoms with Crippen LogP contribution in [0.1, 0.15) is 30.0 Å². The van der Waals surface area contributed by atoms with Gasteiger partial charge in [-0.25, -0.2) is 0 Å². The average Bonchev–Trinajstić information content (AvgIpc) is 2.46. The SMILES string of the molecule is CCc1ccc(NC(=O)CCc2ccccc2C)cc1N. The zero-order valence-electron chi connectivity index (χ0n) is 12.6. The highest BCUT2D eigenvalue weighted by Gasteiger charge is 2.06. The molecule has 2 rings (SSSR count). The lowest BCUT2D eigenvalue weighted by Crippen LogP contribution is -2.13. The standard InChI is InChI=1S/C18H22N2O/c1-3-14-8-10-16(12-17(14)19)20-18(21)11-9-15-7-5-4-6-13(15)2/h4-8,10,12H,3,9,11,19H2,1-2H3,(H,20,21). The quantitative estimate of drug-likeness (QED) is 0.821. The molecular formula is C18H22N2O. The molecule has 3 nitrogen and oxygen atoms in total. The van der Waals surface area contributed by atoms with Gasteiger partial charge in [-0.2, -0.15) is 0 Å². The molecule has 0 spiro atoms. The molecular weight excluding hydrogens is 260 g/mol. The molecule has 0 unspecified atom stereocenters. The van der Waals surface area contributed by atoms with Gasteiger partial charge in [0.25, 0.3) is 0 Å². The fourth-order valence-corrected chi connectivity index (χ4v) is 2.36. The first kappa shape index (κ1) is 15.1. The van der Waals surface area contributed by atoms with E-state index in [4.69, 9.17) is 5.73 Å². The van der Waals surface area contributed by atoms with Crippen LogP contribution in [0.5, 0.6) is 0 Å². The molecule has 3 N–H and O–H groups in total. The highest BCUT2D eigenvalue weighted by Crippen LogP contribution is 2.19. The van der Waals surface area contributed by atoms with E-state index in [0.717, 1.165) is 29.8 Å². The van der Waals surface area contributed by atoms with Crippen LogP contribution in [0, 0.1) is 6.92 Å². The topological polar surface area (TPSA) is 55.1 Å². The predicted molar refractivity (Wildman–Crippen MR) is 88.4 cm³/mol. The average molecular weight is 282 g/mol. The highest BCUT2D eigenvalue weighted by atomic mass is 16.1. The lowest BCUT2D eigenvalue weighted by molar-refractivity contribution is -0.116. The summed E-state index contributed by atoms with van der Waals surface area (Å²) in [5.41, 5.74) is 11.0. The van der Waals surface area contributed by atoms with E-state index in [1.165, 1.54) is 11.1 Å². The van der Waals surface area contributed by atoms with Crippen molar-refractivity contribution in [1.82, 2.24) is 0 Å². The third-order valence-electron chi connectivity index (χ3n) is 3.69. The summed E-state index contributed by atoms with van der Waals surface area (Å²) < 4.78 is 0. The molecule has 21 heavy (non-hydrogen) atoms. The molecule has 2 aromatic rings. The van der Waals surface area contributed by atoms with Crippen molar-refractivity contribution >= 4 is 17.3 Å². The van der Waals surface area contributed by atoms with Gasteiger partial charge in [-0.3, -0.25) is 4.79 Å². The number of hydrogen-bond donors (Lipinski definition) is 2. The molecule has 0 aromatic heterocycles. The molecule has 0 saturated carbocycles. The smallest absolute Gasteiger partial charge is 0.224 e. The number of carbonyl (C=O) groups excluding carboxylic acids is 1. The summed E-state index contributed by atoms with van der Waals surface area (Å²) in [4.78, 5) is 12.0. The fourth-order valence-electron chi connectivity index (χ4n) is 2.36. The van der Waals surface area contributed by atoms with Crippen LogP contribution in [0.3, 0.4) is 0 Å². The summed E-state index contributed by atoms with van der Waals surface area (Å²) >= 11 is 0. The third-order valence-corrected chi connectivity index (χ3v) is 3.69. The summed E-state index contributed by atoms with van der Waals surface area (Å²) in [6, 6.07) is 13.8. The van der Waals surface area contributed by atoms with Gasteiger partial charge in [0, 0.05) is 17.8 Å². The molecule has 0 radical (unpaired) electrons. The summed E-state index contributed by atoms with van der Waals surface area (Å²) in [6.07, 6.45) is 2.12. The molecule has 0 atom stereocenters. The first-order valence-electron chi connectivity index (χ1n) is 7.33. The minimum Gasteiger partial charge on any atom is -0.398 e. The van der Waals surface area contributed by atoms with Gasteiger partial charge in [-0.1, -0.05) is 37.3 Å². The van der Waals surface area contributed by atoms with Crippen molar-refractivity contribution in [2.24, 2.45) is 0 Å². The maximum absolute atomic E-state index is 12.0. The molecule has 0 fully saturated rings. The molecule has 110 valence electrons. The van der Waals surface area contributed by atoms with Crippen LogP contribution in [0.2, 0.25) is 0 Å². The summed E-state index contributed by atoms with van der Waals surface area (Å²) in [5.74, 6) is 0.0156. The maximum atomic E-state index is 12.0. The Labute approximate surface area is 126 Å². The molecule has 0 saturated heterocycles. The second-order valence-corrected chi connectivity index (χ2v) is 5.24. The van der Waals surface area contributed by atoms with E-state index < -0.39 is 0 Å². The Hall–Kier alpha value is -2.29. The number of hydrogen-bond acceptors (Lipinski definition) is 2. The number of anilines is 2. The molecule has 0 aliphatic rings. The lowest BCUT2D eigenvalue weighted by atomic mass is 10.0. The van der Waals surface area contributed by atoms with Crippen LogP contribution in [-0.2, 0) is 17.6 Å². The number of benzene rings is 2. The van der Waals surface area contributed by atoms with E-state index in [1.54, 1.807) is 0 Å². The maximum Gasteiger partial charge on any atom is 0.224 e. The third kappa shape index (κ3) is 4.09. The second kappa shape index (κ2) is 6.93. The Morgan fingerprint density at radius 3 is 2.57 bits per heavy atom. The van der Waals surface area contributed by atoms with E-state index in [2.05, 4.69) is 31.3 Å². The predicted octanol–water partition coefficient (Wildman–Crippen LogP) is 3.71. The van der Waals surface area contributed by atoms with E-state index in [9.17, 15) is 4.79 Å². The van der Waals surface area contributed by atoms with Crippen LogP contribution in [0.15, 0.2) is 42.5 Å². The Morgan fingerprint density at radius 1 is 1.14 bits per heavy atom. The number of nitrogen functional groups attached to an aromatic ring is 1. The van der Waals surface area contributed by atoms with Gasteiger partial charge >= 0.3 is 0 Å². The minimum absolute atomic E-state index is 0.0156. The fraction of sp³-hybridized carbons (Fsp3) is 0.278. The molecule has 3 heteroatoms. The van der Waals surface area contributed by atoms with Crippen LogP contribution >= 0.6 is 0 Å². The Morgan fingerprint density at radius 2 is 1.90 bits per heavy atom. The largest absolute Gasteiger partial charge is 0.398 e. The van der Waals surface area contributed by atoms with Crippen LogP contribution in [0.4, 0.5) is 11.4 Å². The van der Waals surface area contributed by atoms with Crippen molar-refractivity contribution in [1.29, 1.82) is 0 Å². The Kier molecular flexibility index (Phi) is 4.99. The number of carbonyl (C=O) groups is 1. The molecule has 1 amide bonds. The molecule has 0 aliphatic heterocycles. The minimum atomic E-state index is 0.0156. The summed E-state index contributed by atoms with van der Waals surface area (Å²) in [7, 11) is 0. The first-order chi connectivity index (χ1) is 10.1. The van der Waals surface area contributed by atoms with Crippen LogP contribution < -0.4 is 11.1 Å². The summed E-state index contributed by atoms with van der Waals surface area (Å²) in [5, 5.41) is 2.90. The highest BCUT2D eigenvalue weighted by molar-refractivity contribution is 5.91. The molecule has 0 aliphatic carbocycles. The van der Waals surface area contributed by atoms with Crippen LogP contribution in [0.25, 0.3) is 0 Å². The zero-order chi connectivity index (χ0) is 15.2. The molecule has 0 heterocycles. The van der Waals surface area contributed by atoms with E-state index in [0.29, 0.717) is 6.42 Å². The van der Waals surface area contributed by atoms with Crippen molar-refractivity contribution in [3.63, 3.8) is 0 Å². The van der Waals surface area contributed by atoms with Gasteiger partial charge in [0.05, 0.1) is 0 Å². The van der Waals surface area contributed by atoms with Gasteiger partial charge in [0.15, 0.2) is 0 Å². The van der Waals surface area contributed by atoms with Gasteiger partial charge in [0.1, 0.15) is 0 Å². The second-order valence-electron chi connectivity index (χ2n) is 5.24. The summed E-state index contributed by atoms with van der Waals surface area (Å²) in [6.45, 7) is 4.13. The van der Waals surface area contributed by atoms with Gasteiger partial charge in [-0.05, 0) is 48.6 Å². The first-order valence-corrected chi connectivity index (χ1v) is 7.33. The van der Waals surface area contributed by atoms with Crippen molar-refractivity contribution < 1.29 is 4.79 Å². The normalized spacial score (nSPS) is 10.4. The van der Waals surface area contributed by atoms with Crippen molar-refractivity contribution in [2.75, 3.05) is 11.1 Å². The monoisotopic (exact) mass is 282 g/mol. The zero-order valence-corrected chi connectivity index (χ0v) is 12.6. The van der Waals surface area contributed by atoms with E-state index >= 15 is 0 Å². The van der Waals surface area contributed by atoms with Crippen molar-refractivity contribution in [3.8, 4) is 0 Å². The van der Waals surface area contributed by atoms with Crippen LogP contribution in [-0.4, -0.2) is 5.91 Å². The van der Waals surface area contributed by atoms with Gasteiger partial charge in [-0.15, -0.1) is 0 Å².